The smallest absolute Gasteiger partial charge is 0.0248 e. The van der Waals surface area contributed by atoms with E-state index < -0.39 is 0 Å². The highest BCUT2D eigenvalue weighted by Gasteiger charge is 2.41. The Morgan fingerprint density at radius 2 is 2.22 bits per heavy atom. The van der Waals surface area contributed by atoms with Gasteiger partial charge in [0.25, 0.3) is 0 Å². The van der Waals surface area contributed by atoms with Crippen LogP contribution in [0.4, 0.5) is 0 Å². The third kappa shape index (κ3) is 2.24. The summed E-state index contributed by atoms with van der Waals surface area (Å²) in [4.78, 5) is 2.64. The van der Waals surface area contributed by atoms with Crippen LogP contribution < -0.4 is 5.32 Å². The van der Waals surface area contributed by atoms with Crippen LogP contribution in [0.1, 0.15) is 18.1 Å². The maximum Gasteiger partial charge on any atom is 0.0248 e. The molecule has 0 radical (unpaired) electrons. The molecule has 2 fully saturated rings. The lowest BCUT2D eigenvalue weighted by Crippen LogP contribution is -2.32. The van der Waals surface area contributed by atoms with Crippen LogP contribution in [0, 0.1) is 18.8 Å². The number of halogens is 1. The summed E-state index contributed by atoms with van der Waals surface area (Å²) < 4.78 is 1.25. The standard InChI is InChI=1S/C15H21BrN2/c1-10-3-4-12(15(16)5-10)8-18-9-13-6-17-7-14(13)11(18)2/h3-5,11,13-14,17H,6-9H2,1-2H3. The lowest BCUT2D eigenvalue weighted by Gasteiger charge is -2.24. The zero-order valence-electron chi connectivity index (χ0n) is 11.1. The minimum absolute atomic E-state index is 0.707. The summed E-state index contributed by atoms with van der Waals surface area (Å²) in [6.45, 7) is 9.27. The summed E-state index contributed by atoms with van der Waals surface area (Å²) in [5.74, 6) is 1.72. The molecule has 0 amide bonds. The summed E-state index contributed by atoms with van der Waals surface area (Å²) >= 11 is 3.70. The van der Waals surface area contributed by atoms with Crippen molar-refractivity contribution >= 4 is 15.9 Å². The first-order valence-electron chi connectivity index (χ1n) is 6.85. The molecule has 2 heterocycles. The normalized spacial score (nSPS) is 31.8. The molecule has 2 saturated heterocycles. The number of rotatable bonds is 2. The molecule has 0 saturated carbocycles. The van der Waals surface area contributed by atoms with E-state index in [0.717, 1.165) is 18.4 Å². The van der Waals surface area contributed by atoms with Crippen molar-refractivity contribution in [2.24, 2.45) is 11.8 Å². The highest BCUT2D eigenvalue weighted by Crippen LogP contribution is 2.34. The van der Waals surface area contributed by atoms with E-state index in [4.69, 9.17) is 0 Å². The van der Waals surface area contributed by atoms with E-state index in [9.17, 15) is 0 Å². The van der Waals surface area contributed by atoms with Crippen LogP contribution in [0.15, 0.2) is 22.7 Å². The number of likely N-dealkylation sites (tertiary alicyclic amines) is 1. The van der Waals surface area contributed by atoms with Gasteiger partial charge in [-0.1, -0.05) is 28.1 Å². The molecule has 0 spiro atoms. The van der Waals surface area contributed by atoms with Crippen molar-refractivity contribution in [3.8, 4) is 0 Å². The third-order valence-electron chi connectivity index (χ3n) is 4.64. The van der Waals surface area contributed by atoms with Gasteiger partial charge in [-0.3, -0.25) is 4.90 Å². The van der Waals surface area contributed by atoms with Crippen molar-refractivity contribution in [2.75, 3.05) is 19.6 Å². The number of nitrogens with zero attached hydrogens (tertiary/aromatic N) is 1. The summed E-state index contributed by atoms with van der Waals surface area (Å²) in [7, 11) is 0. The number of hydrogen-bond donors (Lipinski definition) is 1. The molecule has 2 aliphatic rings. The first kappa shape index (κ1) is 12.6. The maximum atomic E-state index is 3.70. The molecular weight excluding hydrogens is 288 g/mol. The van der Waals surface area contributed by atoms with E-state index in [1.165, 1.54) is 35.2 Å². The maximum absolute atomic E-state index is 3.70. The zero-order chi connectivity index (χ0) is 12.7. The van der Waals surface area contributed by atoms with Gasteiger partial charge in [-0.05, 0) is 56.0 Å². The Kier molecular flexibility index (Phi) is 3.48. The molecule has 3 rings (SSSR count). The Balaban J connectivity index is 1.73. The van der Waals surface area contributed by atoms with Gasteiger partial charge in [-0.2, -0.15) is 0 Å². The van der Waals surface area contributed by atoms with Crippen LogP contribution in [-0.4, -0.2) is 30.6 Å². The van der Waals surface area contributed by atoms with Gasteiger partial charge < -0.3 is 5.32 Å². The summed E-state index contributed by atoms with van der Waals surface area (Å²) in [5, 5.41) is 3.52. The highest BCUT2D eigenvalue weighted by atomic mass is 79.9. The van der Waals surface area contributed by atoms with E-state index in [1.54, 1.807) is 0 Å². The predicted molar refractivity (Wildman–Crippen MR) is 78.6 cm³/mol. The van der Waals surface area contributed by atoms with Crippen LogP contribution in [0.3, 0.4) is 0 Å². The number of fused-ring (bicyclic) bond motifs is 1. The molecular formula is C15H21BrN2. The van der Waals surface area contributed by atoms with Crippen LogP contribution in [-0.2, 0) is 6.54 Å². The van der Waals surface area contributed by atoms with Crippen LogP contribution in [0.5, 0.6) is 0 Å². The molecule has 3 heteroatoms. The third-order valence-corrected chi connectivity index (χ3v) is 5.38. The SMILES string of the molecule is Cc1ccc(CN2CC3CNCC3C2C)c(Br)c1. The average Bonchev–Trinajstić information content (AvgIpc) is 2.88. The van der Waals surface area contributed by atoms with E-state index in [2.05, 4.69) is 58.2 Å². The highest BCUT2D eigenvalue weighted by molar-refractivity contribution is 9.10. The van der Waals surface area contributed by atoms with Gasteiger partial charge in [0.1, 0.15) is 0 Å². The minimum Gasteiger partial charge on any atom is -0.316 e. The molecule has 3 unspecified atom stereocenters. The number of nitrogens with one attached hydrogen (secondary N) is 1. The zero-order valence-corrected chi connectivity index (χ0v) is 12.7. The predicted octanol–water partition coefficient (Wildman–Crippen LogP) is 2.80. The second kappa shape index (κ2) is 4.95. The molecule has 1 N–H and O–H groups in total. The van der Waals surface area contributed by atoms with Crippen molar-refractivity contribution in [1.82, 2.24) is 10.2 Å². The molecule has 0 aliphatic carbocycles. The van der Waals surface area contributed by atoms with Gasteiger partial charge in [0.2, 0.25) is 0 Å². The van der Waals surface area contributed by atoms with Crippen molar-refractivity contribution < 1.29 is 0 Å². The Bertz CT molecular complexity index is 446. The fourth-order valence-electron chi connectivity index (χ4n) is 3.46. The Labute approximate surface area is 118 Å². The Morgan fingerprint density at radius 3 is 2.94 bits per heavy atom. The van der Waals surface area contributed by atoms with Gasteiger partial charge in [-0.15, -0.1) is 0 Å². The molecule has 1 aromatic carbocycles. The van der Waals surface area contributed by atoms with E-state index in [-0.39, 0.29) is 0 Å². The summed E-state index contributed by atoms with van der Waals surface area (Å²) in [6, 6.07) is 7.40. The lowest BCUT2D eigenvalue weighted by molar-refractivity contribution is 0.231. The summed E-state index contributed by atoms with van der Waals surface area (Å²) in [5.41, 5.74) is 2.74. The van der Waals surface area contributed by atoms with Gasteiger partial charge in [-0.25, -0.2) is 0 Å². The summed E-state index contributed by atoms with van der Waals surface area (Å²) in [6.07, 6.45) is 0. The molecule has 1 aromatic rings. The lowest BCUT2D eigenvalue weighted by atomic mass is 9.95. The first-order chi connectivity index (χ1) is 8.65. The monoisotopic (exact) mass is 308 g/mol. The van der Waals surface area contributed by atoms with Crippen LogP contribution >= 0.6 is 15.9 Å². The first-order valence-corrected chi connectivity index (χ1v) is 7.64. The molecule has 98 valence electrons. The second-order valence-corrected chi connectivity index (χ2v) is 6.70. The van der Waals surface area contributed by atoms with Crippen molar-refractivity contribution in [2.45, 2.75) is 26.4 Å². The molecule has 0 aromatic heterocycles. The molecule has 3 atom stereocenters. The van der Waals surface area contributed by atoms with E-state index in [0.29, 0.717) is 6.04 Å². The Hall–Kier alpha value is -0.380. The number of aryl methyl sites for hydroxylation is 1. The fraction of sp³-hybridized carbons (Fsp3) is 0.600. The second-order valence-electron chi connectivity index (χ2n) is 5.85. The van der Waals surface area contributed by atoms with Gasteiger partial charge in [0.05, 0.1) is 0 Å². The minimum atomic E-state index is 0.707. The van der Waals surface area contributed by atoms with Crippen molar-refractivity contribution in [1.29, 1.82) is 0 Å². The average molecular weight is 309 g/mol. The number of benzene rings is 1. The largest absolute Gasteiger partial charge is 0.316 e. The van der Waals surface area contributed by atoms with Crippen LogP contribution in [0.2, 0.25) is 0 Å². The van der Waals surface area contributed by atoms with Gasteiger partial charge in [0.15, 0.2) is 0 Å². The van der Waals surface area contributed by atoms with E-state index in [1.807, 2.05) is 0 Å². The van der Waals surface area contributed by atoms with E-state index >= 15 is 0 Å². The number of hydrogen-bond acceptors (Lipinski definition) is 2. The topological polar surface area (TPSA) is 15.3 Å². The van der Waals surface area contributed by atoms with Crippen molar-refractivity contribution in [3.05, 3.63) is 33.8 Å². The quantitative estimate of drug-likeness (QED) is 0.904. The van der Waals surface area contributed by atoms with Crippen LogP contribution in [0.25, 0.3) is 0 Å². The molecule has 18 heavy (non-hydrogen) atoms. The molecule has 2 nitrogen and oxygen atoms in total. The fourth-order valence-corrected chi connectivity index (χ4v) is 4.08. The Morgan fingerprint density at radius 1 is 1.39 bits per heavy atom. The van der Waals surface area contributed by atoms with Gasteiger partial charge >= 0.3 is 0 Å². The van der Waals surface area contributed by atoms with Gasteiger partial charge in [0, 0.05) is 23.6 Å². The molecule has 0 bridgehead atoms. The molecule has 2 aliphatic heterocycles. The van der Waals surface area contributed by atoms with Crippen molar-refractivity contribution in [3.63, 3.8) is 0 Å².